The number of hydrogen-bond donors (Lipinski definition) is 0. The molecule has 1 rings (SSSR count). The quantitative estimate of drug-likeness (QED) is 0.511. The van der Waals surface area contributed by atoms with E-state index in [2.05, 4.69) is 24.9 Å². The molecule has 1 nitrogen and oxygen atoms in total. The average Bonchev–Trinajstić information content (AvgIpc) is 1.69. The molecule has 1 aliphatic rings. The summed E-state index contributed by atoms with van der Waals surface area (Å²) < 4.78 is 0. The van der Waals surface area contributed by atoms with Crippen LogP contribution in [-0.2, 0) is 32.7 Å². The summed E-state index contributed by atoms with van der Waals surface area (Å²) >= 11 is 0. The Bertz CT molecular complexity index is 50.5. The van der Waals surface area contributed by atoms with E-state index < -0.39 is 0 Å². The summed E-state index contributed by atoms with van der Waals surface area (Å²) in [5.74, 6) is 0. The third kappa shape index (κ3) is 3.16. The van der Waals surface area contributed by atoms with Crippen LogP contribution in [-0.4, -0.2) is 18.5 Å². The summed E-state index contributed by atoms with van der Waals surface area (Å²) in [6.45, 7) is 3.38. The van der Waals surface area contributed by atoms with Crippen LogP contribution in [0, 0.1) is 13.0 Å². The number of piperidine rings is 1. The van der Waals surface area contributed by atoms with Gasteiger partial charge in [-0.15, -0.1) is 0 Å². The molecule has 0 amide bonds. The zero-order chi connectivity index (χ0) is 5.11. The molecule has 0 aliphatic carbocycles. The Balaban J connectivity index is 0.000000490. The predicted molar refractivity (Wildman–Crippen MR) is 30.5 cm³/mol. The van der Waals surface area contributed by atoms with Gasteiger partial charge < -0.3 is 11.3 Å². The van der Waals surface area contributed by atoms with Crippen LogP contribution >= 0.6 is 0 Å². The average molecular weight is 186 g/mol. The van der Waals surface area contributed by atoms with Gasteiger partial charge in [-0.2, -0.15) is 13.0 Å². The van der Waals surface area contributed by atoms with Crippen molar-refractivity contribution in [3.8, 4) is 0 Å². The molecule has 0 N–H and O–H groups in total. The zero-order valence-electron chi connectivity index (χ0n) is 5.30. The number of hydrogen-bond acceptors (Lipinski definition) is 1. The predicted octanol–water partition coefficient (Wildman–Crippen LogP) is 1.08. The minimum Gasteiger partial charge on any atom is -0.484 e. The van der Waals surface area contributed by atoms with Gasteiger partial charge in [0.15, 0.2) is 0 Å². The van der Waals surface area contributed by atoms with Crippen molar-refractivity contribution in [2.24, 2.45) is 0 Å². The van der Waals surface area contributed by atoms with Crippen LogP contribution in [0.4, 0.5) is 0 Å². The first-order valence-corrected chi connectivity index (χ1v) is 2.75. The molecule has 0 bridgehead atoms. The number of nitrogens with zero attached hydrogens (tertiary/aromatic N) is 1. The maximum absolute atomic E-state index is 2.31. The summed E-state index contributed by atoms with van der Waals surface area (Å²) in [6, 6.07) is 0. The first-order chi connectivity index (χ1) is 3.39. The van der Waals surface area contributed by atoms with Gasteiger partial charge in [0.25, 0.3) is 0 Å². The number of rotatable bonds is 0. The monoisotopic (exact) mass is 186 g/mol. The maximum atomic E-state index is 2.31. The molecule has 1 aliphatic heterocycles. The third-order valence-corrected chi connectivity index (χ3v) is 1.23. The van der Waals surface area contributed by atoms with E-state index in [1.807, 2.05) is 0 Å². The Labute approximate surface area is 76.7 Å². The van der Waals surface area contributed by atoms with Gasteiger partial charge in [-0.25, -0.2) is 6.42 Å². The second-order valence-electron chi connectivity index (χ2n) is 1.99. The van der Waals surface area contributed by atoms with Crippen LogP contribution in [0.2, 0.25) is 0 Å². The van der Waals surface area contributed by atoms with Gasteiger partial charge >= 0.3 is 0 Å². The van der Waals surface area contributed by atoms with Gasteiger partial charge in [-0.1, -0.05) is 0 Å². The molecule has 0 aromatic heterocycles. The Morgan fingerprint density at radius 2 is 2.12 bits per heavy atom. The van der Waals surface area contributed by atoms with Crippen molar-refractivity contribution in [3.05, 3.63) is 13.0 Å². The summed E-state index contributed by atoms with van der Waals surface area (Å²) in [7, 11) is 2.11. The van der Waals surface area contributed by atoms with Gasteiger partial charge in [0, 0.05) is 32.7 Å². The molecule has 0 unspecified atom stereocenters. The Morgan fingerprint density at radius 3 is 2.38 bits per heavy atom. The fourth-order valence-electron chi connectivity index (χ4n) is 0.782. The summed E-state index contributed by atoms with van der Waals surface area (Å²) in [5.41, 5.74) is 0. The molecule has 1 fully saturated rings. The van der Waals surface area contributed by atoms with Crippen LogP contribution in [0.25, 0.3) is 0 Å². The second-order valence-corrected chi connectivity index (χ2v) is 1.99. The van der Waals surface area contributed by atoms with E-state index in [-0.39, 0.29) is 32.7 Å². The van der Waals surface area contributed by atoms with Crippen molar-refractivity contribution in [3.63, 3.8) is 0 Å². The van der Waals surface area contributed by atoms with Gasteiger partial charge in [0.1, 0.15) is 0 Å². The van der Waals surface area contributed by atoms with Crippen LogP contribution < -0.4 is 0 Å². The normalized spacial score (nSPS) is 22.1. The second kappa shape index (κ2) is 4.90. The topological polar surface area (TPSA) is 3.24 Å². The Hall–Kier alpha value is 1.06. The fraction of sp³-hybridized carbons (Fsp3) is 0.667. The molecular weight excluding hydrogens is 175 g/mol. The van der Waals surface area contributed by atoms with E-state index in [1.54, 1.807) is 0 Å². The molecule has 1 heterocycles. The van der Waals surface area contributed by atoms with Gasteiger partial charge in [0.2, 0.25) is 0 Å². The van der Waals surface area contributed by atoms with E-state index in [4.69, 9.17) is 0 Å². The third-order valence-electron chi connectivity index (χ3n) is 1.23. The molecule has 1 radical (unpaired) electrons. The van der Waals surface area contributed by atoms with Crippen LogP contribution in [0.15, 0.2) is 0 Å². The molecule has 0 aromatic carbocycles. The standard InChI is InChI=1S/C6H11N.Y/c1-7-5-3-2-4-6-7;/h3,6H,2,4-5H2,1H3;/q-2;. The minimum absolute atomic E-state index is 0. The van der Waals surface area contributed by atoms with Crippen LogP contribution in [0.1, 0.15) is 12.8 Å². The molecule has 45 valence electrons. The van der Waals surface area contributed by atoms with Crippen LogP contribution in [0.3, 0.4) is 0 Å². The molecule has 8 heavy (non-hydrogen) atoms. The molecule has 0 spiro atoms. The van der Waals surface area contributed by atoms with Crippen molar-refractivity contribution in [1.82, 2.24) is 4.90 Å². The summed E-state index contributed by atoms with van der Waals surface area (Å²) in [6.07, 6.45) is 4.81. The minimum atomic E-state index is 0. The van der Waals surface area contributed by atoms with E-state index in [1.165, 1.54) is 12.8 Å². The Morgan fingerprint density at radius 1 is 1.38 bits per heavy atom. The smallest absolute Gasteiger partial charge is 0 e. The maximum Gasteiger partial charge on any atom is 0 e. The SMILES string of the molecule is CN1[CH-]CC[CH-]C1.[Y]. The van der Waals surface area contributed by atoms with Crippen molar-refractivity contribution in [1.29, 1.82) is 0 Å². The molecule has 0 saturated carbocycles. The molecule has 1 saturated heterocycles. The van der Waals surface area contributed by atoms with E-state index in [0.29, 0.717) is 0 Å². The van der Waals surface area contributed by atoms with Gasteiger partial charge in [-0.05, 0) is 7.05 Å². The molecule has 0 atom stereocenters. The molecule has 2 heteroatoms. The number of likely N-dealkylation sites (tertiary alicyclic amines) is 1. The largest absolute Gasteiger partial charge is 0.484 e. The first kappa shape index (κ1) is 9.06. The van der Waals surface area contributed by atoms with Crippen molar-refractivity contribution < 1.29 is 32.7 Å². The van der Waals surface area contributed by atoms with E-state index in [0.717, 1.165) is 6.54 Å². The summed E-state index contributed by atoms with van der Waals surface area (Å²) in [5, 5.41) is 0. The van der Waals surface area contributed by atoms with Gasteiger partial charge in [-0.3, -0.25) is 6.54 Å². The van der Waals surface area contributed by atoms with E-state index in [9.17, 15) is 0 Å². The first-order valence-electron chi connectivity index (χ1n) is 2.75. The zero-order valence-corrected chi connectivity index (χ0v) is 8.14. The Kier molecular flexibility index (Phi) is 5.55. The summed E-state index contributed by atoms with van der Waals surface area (Å²) in [4.78, 5) is 2.21. The fourth-order valence-corrected chi connectivity index (χ4v) is 0.782. The van der Waals surface area contributed by atoms with Crippen molar-refractivity contribution in [2.45, 2.75) is 12.8 Å². The van der Waals surface area contributed by atoms with Crippen molar-refractivity contribution >= 4 is 0 Å². The van der Waals surface area contributed by atoms with Crippen LogP contribution in [0.5, 0.6) is 0 Å². The van der Waals surface area contributed by atoms with E-state index >= 15 is 0 Å². The molecule has 0 aromatic rings. The van der Waals surface area contributed by atoms with Crippen molar-refractivity contribution in [2.75, 3.05) is 13.6 Å². The molecular formula is C6H11NY-2. The van der Waals surface area contributed by atoms with Gasteiger partial charge in [0.05, 0.1) is 0 Å².